The molecule has 0 radical (unpaired) electrons. The summed E-state index contributed by atoms with van der Waals surface area (Å²) in [7, 11) is 0. The molecule has 1 aliphatic rings. The SMILES string of the molecule is Cc1cc(NC(=O)CN2CCN(C(=O)C(C)CN)CC2)no1. The molecule has 8 heteroatoms. The second-order valence-corrected chi connectivity index (χ2v) is 5.61. The maximum atomic E-state index is 12.0. The van der Waals surface area contributed by atoms with E-state index >= 15 is 0 Å². The van der Waals surface area contributed by atoms with E-state index in [0.717, 1.165) is 0 Å². The highest BCUT2D eigenvalue weighted by atomic mass is 16.5. The van der Waals surface area contributed by atoms with E-state index in [2.05, 4.69) is 10.5 Å². The molecule has 1 aliphatic heterocycles. The van der Waals surface area contributed by atoms with Gasteiger partial charge in [0.1, 0.15) is 5.76 Å². The second-order valence-electron chi connectivity index (χ2n) is 5.61. The summed E-state index contributed by atoms with van der Waals surface area (Å²) in [5.41, 5.74) is 5.52. The van der Waals surface area contributed by atoms with Gasteiger partial charge >= 0.3 is 0 Å². The average molecular weight is 309 g/mol. The number of hydrogen-bond acceptors (Lipinski definition) is 6. The van der Waals surface area contributed by atoms with Gasteiger partial charge in [0.15, 0.2) is 5.82 Å². The summed E-state index contributed by atoms with van der Waals surface area (Å²) >= 11 is 0. The molecule has 0 aromatic carbocycles. The molecule has 122 valence electrons. The first kappa shape index (κ1) is 16.4. The van der Waals surface area contributed by atoms with Crippen molar-refractivity contribution in [1.29, 1.82) is 0 Å². The lowest BCUT2D eigenvalue weighted by atomic mass is 10.1. The predicted molar refractivity (Wildman–Crippen MR) is 81.1 cm³/mol. The van der Waals surface area contributed by atoms with Gasteiger partial charge in [0.05, 0.1) is 6.54 Å². The molecule has 1 atom stereocenters. The van der Waals surface area contributed by atoms with Crippen LogP contribution in [-0.4, -0.2) is 66.0 Å². The third kappa shape index (κ3) is 4.28. The fraction of sp³-hybridized carbons (Fsp3) is 0.643. The Labute approximate surface area is 129 Å². The van der Waals surface area contributed by atoms with E-state index in [0.29, 0.717) is 44.3 Å². The topological polar surface area (TPSA) is 105 Å². The zero-order valence-corrected chi connectivity index (χ0v) is 13.0. The van der Waals surface area contributed by atoms with Gasteiger partial charge < -0.3 is 20.5 Å². The molecule has 1 saturated heterocycles. The summed E-state index contributed by atoms with van der Waals surface area (Å²) in [6.45, 7) is 6.84. The highest BCUT2D eigenvalue weighted by molar-refractivity contribution is 5.91. The summed E-state index contributed by atoms with van der Waals surface area (Å²) in [5, 5.41) is 6.41. The van der Waals surface area contributed by atoms with Crippen molar-refractivity contribution < 1.29 is 14.1 Å². The summed E-state index contributed by atoms with van der Waals surface area (Å²) in [5.74, 6) is 0.878. The minimum absolute atomic E-state index is 0.0877. The third-order valence-corrected chi connectivity index (χ3v) is 3.72. The first-order valence-electron chi connectivity index (χ1n) is 7.44. The number of amides is 2. The highest BCUT2D eigenvalue weighted by Crippen LogP contribution is 2.09. The summed E-state index contributed by atoms with van der Waals surface area (Å²) in [6.07, 6.45) is 0. The Morgan fingerprint density at radius 2 is 2.09 bits per heavy atom. The van der Waals surface area contributed by atoms with Gasteiger partial charge in [-0.1, -0.05) is 12.1 Å². The molecule has 2 rings (SSSR count). The number of carbonyl (C=O) groups is 2. The van der Waals surface area contributed by atoms with Gasteiger partial charge in [-0.3, -0.25) is 14.5 Å². The lowest BCUT2D eigenvalue weighted by molar-refractivity contribution is -0.136. The minimum Gasteiger partial charge on any atom is -0.360 e. The van der Waals surface area contributed by atoms with Crippen LogP contribution in [0.5, 0.6) is 0 Å². The molecule has 0 saturated carbocycles. The number of nitrogens with one attached hydrogen (secondary N) is 1. The summed E-state index contributed by atoms with van der Waals surface area (Å²) in [6, 6.07) is 1.67. The van der Waals surface area contributed by atoms with Crippen LogP contribution in [0.2, 0.25) is 0 Å². The second kappa shape index (κ2) is 7.37. The van der Waals surface area contributed by atoms with Gasteiger partial charge in [-0.15, -0.1) is 0 Å². The van der Waals surface area contributed by atoms with Crippen molar-refractivity contribution >= 4 is 17.6 Å². The first-order valence-corrected chi connectivity index (χ1v) is 7.44. The van der Waals surface area contributed by atoms with E-state index in [-0.39, 0.29) is 24.3 Å². The smallest absolute Gasteiger partial charge is 0.239 e. The number of anilines is 1. The van der Waals surface area contributed by atoms with Crippen LogP contribution in [0.25, 0.3) is 0 Å². The highest BCUT2D eigenvalue weighted by Gasteiger charge is 2.25. The zero-order valence-electron chi connectivity index (χ0n) is 13.0. The van der Waals surface area contributed by atoms with E-state index in [9.17, 15) is 9.59 Å². The molecule has 2 amide bonds. The molecule has 0 bridgehead atoms. The molecule has 1 fully saturated rings. The Morgan fingerprint density at radius 1 is 1.41 bits per heavy atom. The van der Waals surface area contributed by atoms with Gasteiger partial charge in [0, 0.05) is 44.7 Å². The summed E-state index contributed by atoms with van der Waals surface area (Å²) < 4.78 is 4.90. The molecular formula is C14H23N5O3. The Kier molecular flexibility index (Phi) is 5.51. The van der Waals surface area contributed by atoms with Crippen molar-refractivity contribution in [2.24, 2.45) is 11.7 Å². The van der Waals surface area contributed by atoms with Crippen molar-refractivity contribution in [3.05, 3.63) is 11.8 Å². The van der Waals surface area contributed by atoms with Crippen molar-refractivity contribution in [3.63, 3.8) is 0 Å². The van der Waals surface area contributed by atoms with Crippen LogP contribution >= 0.6 is 0 Å². The van der Waals surface area contributed by atoms with Crippen LogP contribution in [-0.2, 0) is 9.59 Å². The van der Waals surface area contributed by atoms with E-state index in [1.54, 1.807) is 13.0 Å². The number of nitrogens with two attached hydrogens (primary N) is 1. The normalized spacial score (nSPS) is 17.3. The Bertz CT molecular complexity index is 522. The molecule has 3 N–H and O–H groups in total. The van der Waals surface area contributed by atoms with Gasteiger partial charge in [0.2, 0.25) is 11.8 Å². The lowest BCUT2D eigenvalue weighted by Crippen LogP contribution is -2.52. The number of nitrogens with zero attached hydrogens (tertiary/aromatic N) is 3. The molecule has 0 spiro atoms. The number of rotatable bonds is 5. The maximum absolute atomic E-state index is 12.0. The van der Waals surface area contributed by atoms with Crippen molar-refractivity contribution in [3.8, 4) is 0 Å². The first-order chi connectivity index (χ1) is 10.5. The quantitative estimate of drug-likeness (QED) is 0.771. The molecule has 0 aliphatic carbocycles. The van der Waals surface area contributed by atoms with Crippen LogP contribution in [0.3, 0.4) is 0 Å². The molecule has 22 heavy (non-hydrogen) atoms. The van der Waals surface area contributed by atoms with E-state index in [1.165, 1.54) is 0 Å². The average Bonchev–Trinajstić information content (AvgIpc) is 2.91. The molecule has 1 aromatic rings. The number of carbonyl (C=O) groups excluding carboxylic acids is 2. The van der Waals surface area contributed by atoms with Crippen LogP contribution < -0.4 is 11.1 Å². The predicted octanol–water partition coefficient (Wildman–Crippen LogP) is -0.339. The van der Waals surface area contributed by atoms with Crippen LogP contribution in [0.1, 0.15) is 12.7 Å². The number of hydrogen-bond donors (Lipinski definition) is 2. The number of aryl methyl sites for hydroxylation is 1. The van der Waals surface area contributed by atoms with Crippen LogP contribution in [0.15, 0.2) is 10.6 Å². The molecule has 8 nitrogen and oxygen atoms in total. The minimum atomic E-state index is -0.148. The fourth-order valence-electron chi connectivity index (χ4n) is 2.35. The maximum Gasteiger partial charge on any atom is 0.239 e. The summed E-state index contributed by atoms with van der Waals surface area (Å²) in [4.78, 5) is 27.8. The van der Waals surface area contributed by atoms with Gasteiger partial charge in [-0.25, -0.2) is 0 Å². The van der Waals surface area contributed by atoms with Crippen molar-refractivity contribution in [2.45, 2.75) is 13.8 Å². The van der Waals surface area contributed by atoms with E-state index in [4.69, 9.17) is 10.3 Å². The van der Waals surface area contributed by atoms with Crippen LogP contribution in [0.4, 0.5) is 5.82 Å². The van der Waals surface area contributed by atoms with E-state index in [1.807, 2.05) is 16.7 Å². The lowest BCUT2D eigenvalue weighted by Gasteiger charge is -2.35. The molecule has 1 unspecified atom stereocenters. The zero-order chi connectivity index (χ0) is 16.1. The van der Waals surface area contributed by atoms with Crippen LogP contribution in [0, 0.1) is 12.8 Å². The third-order valence-electron chi connectivity index (χ3n) is 3.72. The standard InChI is InChI=1S/C14H23N5O3/c1-10(8-15)14(21)19-5-3-18(4-6-19)9-13(20)16-12-7-11(2)22-17-12/h7,10H,3-6,8-9,15H2,1-2H3,(H,16,17,20). The monoisotopic (exact) mass is 309 g/mol. The number of aromatic nitrogens is 1. The van der Waals surface area contributed by atoms with Gasteiger partial charge in [-0.2, -0.15) is 0 Å². The Morgan fingerprint density at radius 3 is 2.64 bits per heavy atom. The Hall–Kier alpha value is -1.93. The van der Waals surface area contributed by atoms with E-state index < -0.39 is 0 Å². The van der Waals surface area contributed by atoms with Crippen molar-refractivity contribution in [1.82, 2.24) is 15.0 Å². The number of piperazine rings is 1. The molecule has 1 aromatic heterocycles. The largest absolute Gasteiger partial charge is 0.360 e. The fourth-order valence-corrected chi connectivity index (χ4v) is 2.35. The Balaban J connectivity index is 1.75. The van der Waals surface area contributed by atoms with Crippen molar-refractivity contribution in [2.75, 3.05) is 44.6 Å². The van der Waals surface area contributed by atoms with Gasteiger partial charge in [0.25, 0.3) is 0 Å². The van der Waals surface area contributed by atoms with Gasteiger partial charge in [-0.05, 0) is 6.92 Å². The molecule has 2 heterocycles. The molecular weight excluding hydrogens is 286 g/mol.